The molecule has 1 amide bonds. The Balaban J connectivity index is 0.00000432. The summed E-state index contributed by atoms with van der Waals surface area (Å²) < 4.78 is 26.6. The number of halogens is 2. The van der Waals surface area contributed by atoms with Gasteiger partial charge in [0.15, 0.2) is 5.69 Å². The van der Waals surface area contributed by atoms with Gasteiger partial charge in [-0.15, -0.1) is 17.5 Å². The Morgan fingerprint density at radius 2 is 2.00 bits per heavy atom. The van der Waals surface area contributed by atoms with Crippen LogP contribution in [0.4, 0.5) is 4.39 Å². The van der Waals surface area contributed by atoms with Crippen LogP contribution < -0.4 is 5.32 Å². The third kappa shape index (κ3) is 7.70. The minimum absolute atomic E-state index is 0. The average molecular weight is 512 g/mol. The molecule has 8 nitrogen and oxygen atoms in total. The Morgan fingerprint density at radius 3 is 2.69 bits per heavy atom. The number of carbonyl (C=O) groups is 1. The molecule has 1 saturated heterocycles. The van der Waals surface area contributed by atoms with Crippen LogP contribution in [-0.4, -0.2) is 78.9 Å². The SMILES string of the molecule is COCCCCc1c(C(=O)N(CC(C)C)[C@@H]2CNC[C@H](COC)C2)nnn1-c1ccccc1F.Cl. The van der Waals surface area contributed by atoms with Gasteiger partial charge in [0.2, 0.25) is 0 Å². The van der Waals surface area contributed by atoms with E-state index < -0.39 is 5.82 Å². The first kappa shape index (κ1) is 29.2. The van der Waals surface area contributed by atoms with Crippen molar-refractivity contribution in [1.29, 1.82) is 0 Å². The number of nitrogens with one attached hydrogen (secondary N) is 1. The van der Waals surface area contributed by atoms with E-state index in [1.54, 1.807) is 32.4 Å². The van der Waals surface area contributed by atoms with Gasteiger partial charge in [-0.1, -0.05) is 31.2 Å². The third-order valence-corrected chi connectivity index (χ3v) is 6.14. The van der Waals surface area contributed by atoms with E-state index in [1.807, 2.05) is 4.90 Å². The van der Waals surface area contributed by atoms with Crippen molar-refractivity contribution in [3.8, 4) is 5.69 Å². The number of rotatable bonds is 12. The van der Waals surface area contributed by atoms with Crippen molar-refractivity contribution in [2.24, 2.45) is 11.8 Å². The topological polar surface area (TPSA) is 81.5 Å². The highest BCUT2D eigenvalue weighted by atomic mass is 35.5. The number of unbranched alkanes of at least 4 members (excludes halogenated alkanes) is 1. The molecule has 0 unspecified atom stereocenters. The van der Waals surface area contributed by atoms with Crippen molar-refractivity contribution in [3.05, 3.63) is 41.5 Å². The van der Waals surface area contributed by atoms with E-state index in [0.29, 0.717) is 55.1 Å². The van der Waals surface area contributed by atoms with Gasteiger partial charge in [-0.2, -0.15) is 0 Å². The lowest BCUT2D eigenvalue weighted by Crippen LogP contribution is -2.53. The quantitative estimate of drug-likeness (QED) is 0.439. The molecular weight excluding hydrogens is 473 g/mol. The van der Waals surface area contributed by atoms with E-state index in [2.05, 4.69) is 29.5 Å². The van der Waals surface area contributed by atoms with E-state index in [9.17, 15) is 9.18 Å². The maximum atomic E-state index is 14.6. The molecule has 0 aliphatic carbocycles. The molecule has 1 aliphatic rings. The first-order valence-corrected chi connectivity index (χ1v) is 12.1. The number of ether oxygens (including phenoxy) is 2. The molecule has 0 radical (unpaired) electrons. The molecule has 1 N–H and O–H groups in total. The number of hydrogen-bond acceptors (Lipinski definition) is 6. The zero-order chi connectivity index (χ0) is 24.5. The molecule has 1 aromatic heterocycles. The number of carbonyl (C=O) groups excluding carboxylic acids is 1. The second-order valence-electron chi connectivity index (χ2n) is 9.42. The smallest absolute Gasteiger partial charge is 0.276 e. The molecule has 2 heterocycles. The largest absolute Gasteiger partial charge is 0.385 e. The van der Waals surface area contributed by atoms with Crippen molar-refractivity contribution in [3.63, 3.8) is 0 Å². The van der Waals surface area contributed by atoms with Gasteiger partial charge in [-0.3, -0.25) is 4.79 Å². The minimum Gasteiger partial charge on any atom is -0.385 e. The lowest BCUT2D eigenvalue weighted by atomic mass is 9.94. The van der Waals surface area contributed by atoms with Gasteiger partial charge in [0.1, 0.15) is 11.5 Å². The lowest BCUT2D eigenvalue weighted by molar-refractivity contribution is 0.0517. The Morgan fingerprint density at radius 1 is 1.23 bits per heavy atom. The molecule has 1 aliphatic heterocycles. The molecule has 2 aromatic rings. The van der Waals surface area contributed by atoms with Gasteiger partial charge in [0.05, 0.1) is 12.3 Å². The van der Waals surface area contributed by atoms with Gasteiger partial charge in [0.25, 0.3) is 5.91 Å². The Kier molecular flexibility index (Phi) is 12.1. The van der Waals surface area contributed by atoms with Crippen LogP contribution in [0.1, 0.15) is 49.3 Å². The summed E-state index contributed by atoms with van der Waals surface area (Å²) in [6.45, 7) is 7.70. The molecule has 1 fully saturated rings. The number of hydrogen-bond donors (Lipinski definition) is 1. The highest BCUT2D eigenvalue weighted by Crippen LogP contribution is 2.23. The molecule has 0 spiro atoms. The monoisotopic (exact) mass is 511 g/mol. The number of benzene rings is 1. The van der Waals surface area contributed by atoms with Crippen LogP contribution in [0, 0.1) is 17.7 Å². The van der Waals surface area contributed by atoms with Gasteiger partial charge in [-0.25, -0.2) is 9.07 Å². The highest BCUT2D eigenvalue weighted by molar-refractivity contribution is 5.93. The van der Waals surface area contributed by atoms with E-state index >= 15 is 0 Å². The molecular formula is C25H39ClFN5O3. The van der Waals surface area contributed by atoms with Crippen LogP contribution in [0.5, 0.6) is 0 Å². The average Bonchev–Trinajstić information content (AvgIpc) is 3.24. The zero-order valence-electron chi connectivity index (χ0n) is 21.2. The van der Waals surface area contributed by atoms with Gasteiger partial charge >= 0.3 is 0 Å². The summed E-state index contributed by atoms with van der Waals surface area (Å²) in [5, 5.41) is 12.0. The van der Waals surface area contributed by atoms with Gasteiger partial charge in [0, 0.05) is 46.5 Å². The zero-order valence-corrected chi connectivity index (χ0v) is 22.0. The van der Waals surface area contributed by atoms with E-state index in [4.69, 9.17) is 9.47 Å². The number of nitrogens with zero attached hydrogens (tertiary/aromatic N) is 4. The summed E-state index contributed by atoms with van der Waals surface area (Å²) in [6.07, 6.45) is 3.02. The van der Waals surface area contributed by atoms with Crippen LogP contribution >= 0.6 is 12.4 Å². The van der Waals surface area contributed by atoms with Crippen molar-refractivity contribution < 1.29 is 18.7 Å². The van der Waals surface area contributed by atoms with E-state index in [0.717, 1.165) is 32.4 Å². The Hall–Kier alpha value is -2.07. The number of amides is 1. The number of aromatic nitrogens is 3. The van der Waals surface area contributed by atoms with Crippen LogP contribution in [0.25, 0.3) is 5.69 Å². The summed E-state index contributed by atoms with van der Waals surface area (Å²) >= 11 is 0. The molecule has 10 heteroatoms. The van der Waals surface area contributed by atoms with Gasteiger partial charge in [-0.05, 0) is 49.7 Å². The maximum absolute atomic E-state index is 14.6. The summed E-state index contributed by atoms with van der Waals surface area (Å²) in [5.74, 6) is 0.0812. The Labute approximate surface area is 213 Å². The predicted molar refractivity (Wildman–Crippen MR) is 136 cm³/mol. The van der Waals surface area contributed by atoms with Crippen LogP contribution in [0.3, 0.4) is 0 Å². The number of piperidine rings is 1. The molecule has 35 heavy (non-hydrogen) atoms. The van der Waals surface area contributed by atoms with E-state index in [-0.39, 0.29) is 24.4 Å². The normalized spacial score (nSPS) is 17.9. The molecule has 0 saturated carbocycles. The molecule has 0 bridgehead atoms. The highest BCUT2D eigenvalue weighted by Gasteiger charge is 2.33. The van der Waals surface area contributed by atoms with Crippen molar-refractivity contribution in [2.75, 3.05) is 47.1 Å². The van der Waals surface area contributed by atoms with E-state index in [1.165, 1.54) is 10.7 Å². The van der Waals surface area contributed by atoms with Gasteiger partial charge < -0.3 is 19.7 Å². The summed E-state index contributed by atoms with van der Waals surface area (Å²) in [6, 6.07) is 6.47. The number of para-hydroxylation sites is 1. The Bertz CT molecular complexity index is 924. The summed E-state index contributed by atoms with van der Waals surface area (Å²) in [4.78, 5) is 15.8. The fraction of sp³-hybridized carbons (Fsp3) is 0.640. The van der Waals surface area contributed by atoms with Crippen molar-refractivity contribution in [1.82, 2.24) is 25.2 Å². The standard InChI is InChI=1S/C25H38FN5O3.ClH/c1-18(2)16-30(20-13-19(17-34-4)14-27-15-20)25(32)24-23(11-7-8-12-33-3)31(29-28-24)22-10-6-5-9-21(22)26;/h5-6,9-10,18-20,27H,7-8,11-17H2,1-4H3;1H/t19-,20+;/m1./s1. The summed E-state index contributed by atoms with van der Waals surface area (Å²) in [5.41, 5.74) is 1.23. The molecule has 1 aromatic carbocycles. The first-order valence-electron chi connectivity index (χ1n) is 12.1. The minimum atomic E-state index is -0.400. The number of methoxy groups -OCH3 is 2. The fourth-order valence-electron chi connectivity index (χ4n) is 4.58. The second-order valence-corrected chi connectivity index (χ2v) is 9.42. The third-order valence-electron chi connectivity index (χ3n) is 6.14. The van der Waals surface area contributed by atoms with Crippen molar-refractivity contribution >= 4 is 18.3 Å². The first-order chi connectivity index (χ1) is 16.5. The maximum Gasteiger partial charge on any atom is 0.276 e. The van der Waals surface area contributed by atoms with Crippen LogP contribution in [-0.2, 0) is 15.9 Å². The van der Waals surface area contributed by atoms with Crippen LogP contribution in [0.15, 0.2) is 24.3 Å². The lowest BCUT2D eigenvalue weighted by Gasteiger charge is -2.38. The van der Waals surface area contributed by atoms with Crippen molar-refractivity contribution in [2.45, 2.75) is 45.6 Å². The molecule has 2 atom stereocenters. The predicted octanol–water partition coefficient (Wildman–Crippen LogP) is 3.52. The van der Waals surface area contributed by atoms with Crippen LogP contribution in [0.2, 0.25) is 0 Å². The summed E-state index contributed by atoms with van der Waals surface area (Å²) in [7, 11) is 3.37. The second kappa shape index (κ2) is 14.5. The molecule has 3 rings (SSSR count). The fourth-order valence-corrected chi connectivity index (χ4v) is 4.58. The molecule has 196 valence electrons.